The second-order valence-corrected chi connectivity index (χ2v) is 7.26. The average molecular weight is 449 g/mol. The molecule has 0 spiro atoms. The van der Waals surface area contributed by atoms with E-state index in [4.69, 9.17) is 23.7 Å². The van der Waals surface area contributed by atoms with Crippen LogP contribution in [0.3, 0.4) is 0 Å². The van der Waals surface area contributed by atoms with Crippen LogP contribution >= 0.6 is 0 Å². The van der Waals surface area contributed by atoms with Gasteiger partial charge in [-0.15, -0.1) is 0 Å². The smallest absolute Gasteiger partial charge is 0.138 e. The lowest BCUT2D eigenvalue weighted by molar-refractivity contribution is 0.00497. The van der Waals surface area contributed by atoms with E-state index in [1.165, 1.54) is 0 Å². The minimum absolute atomic E-state index is 0.468. The molecular weight excluding hydrogens is 420 g/mol. The minimum Gasteiger partial charge on any atom is -0.490 e. The summed E-state index contributed by atoms with van der Waals surface area (Å²) >= 11 is 0. The Hall–Kier alpha value is -3.26. The number of fused-ring (bicyclic) bond motifs is 2. The van der Waals surface area contributed by atoms with Gasteiger partial charge in [0.2, 0.25) is 0 Å². The number of pyridine rings is 2. The van der Waals surface area contributed by atoms with Gasteiger partial charge in [0.25, 0.3) is 0 Å². The second kappa shape index (κ2) is 12.7. The Bertz CT molecular complexity index is 1050. The Morgan fingerprint density at radius 3 is 1.33 bits per heavy atom. The number of para-hydroxylation sites is 2. The van der Waals surface area contributed by atoms with E-state index < -0.39 is 0 Å². The molecule has 7 heteroatoms. The summed E-state index contributed by atoms with van der Waals surface area (Å²) in [5, 5.41) is 2.12. The monoisotopic (exact) mass is 448 g/mol. The van der Waals surface area contributed by atoms with Crippen molar-refractivity contribution < 1.29 is 23.7 Å². The lowest BCUT2D eigenvalue weighted by atomic mass is 10.2. The van der Waals surface area contributed by atoms with Crippen molar-refractivity contribution in [2.24, 2.45) is 0 Å². The van der Waals surface area contributed by atoms with Crippen LogP contribution in [0, 0.1) is 0 Å². The lowest BCUT2D eigenvalue weighted by Crippen LogP contribution is -2.14. The molecule has 172 valence electrons. The molecule has 0 saturated carbocycles. The minimum atomic E-state index is 0.468. The number of hydrogen-bond donors (Lipinski definition) is 0. The normalized spacial score (nSPS) is 11.2. The van der Waals surface area contributed by atoms with Crippen LogP contribution in [0.15, 0.2) is 73.1 Å². The van der Waals surface area contributed by atoms with Crippen molar-refractivity contribution in [3.63, 3.8) is 0 Å². The molecule has 0 N–H and O–H groups in total. The number of benzene rings is 2. The highest BCUT2D eigenvalue weighted by atomic mass is 16.6. The van der Waals surface area contributed by atoms with Crippen molar-refractivity contribution in [3.05, 3.63) is 73.1 Å². The van der Waals surface area contributed by atoms with Crippen molar-refractivity contribution in [1.29, 1.82) is 0 Å². The fourth-order valence-corrected chi connectivity index (χ4v) is 3.24. The summed E-state index contributed by atoms with van der Waals surface area (Å²) in [5.74, 6) is 1.48. The molecule has 0 saturated heterocycles. The highest BCUT2D eigenvalue weighted by Crippen LogP contribution is 2.18. The molecule has 2 aromatic heterocycles. The van der Waals surface area contributed by atoms with Crippen LogP contribution in [0.5, 0.6) is 11.5 Å². The molecule has 0 bridgehead atoms. The summed E-state index contributed by atoms with van der Waals surface area (Å²) in [6.45, 7) is 3.97. The summed E-state index contributed by atoms with van der Waals surface area (Å²) < 4.78 is 27.9. The summed E-state index contributed by atoms with van der Waals surface area (Å²) in [6.07, 6.45) is 3.46. The second-order valence-electron chi connectivity index (χ2n) is 7.26. The van der Waals surface area contributed by atoms with Gasteiger partial charge in [0.05, 0.1) is 63.1 Å². The summed E-state index contributed by atoms with van der Waals surface area (Å²) in [4.78, 5) is 8.75. The fourth-order valence-electron chi connectivity index (χ4n) is 3.24. The largest absolute Gasteiger partial charge is 0.490 e. The SMILES string of the molecule is c1ccc2ncc(OCCOCCOCCOCCOc3cnc4ccccc4c3)cc2c1. The van der Waals surface area contributed by atoms with Crippen molar-refractivity contribution in [2.45, 2.75) is 0 Å². The molecule has 0 radical (unpaired) electrons. The van der Waals surface area contributed by atoms with Crippen molar-refractivity contribution in [1.82, 2.24) is 9.97 Å². The highest BCUT2D eigenvalue weighted by molar-refractivity contribution is 5.80. The fraction of sp³-hybridized carbons (Fsp3) is 0.308. The van der Waals surface area contributed by atoms with Crippen LogP contribution in [0.1, 0.15) is 0 Å². The van der Waals surface area contributed by atoms with Crippen molar-refractivity contribution >= 4 is 21.8 Å². The van der Waals surface area contributed by atoms with Gasteiger partial charge in [0.1, 0.15) is 24.7 Å². The molecular formula is C26H28N2O5. The number of ether oxygens (including phenoxy) is 5. The Labute approximate surface area is 193 Å². The quantitative estimate of drug-likeness (QED) is 0.267. The van der Waals surface area contributed by atoms with Gasteiger partial charge in [-0.05, 0) is 24.3 Å². The third kappa shape index (κ3) is 7.39. The van der Waals surface area contributed by atoms with Crippen LogP contribution in [0.4, 0.5) is 0 Å². The first-order valence-electron chi connectivity index (χ1n) is 11.1. The zero-order valence-electron chi connectivity index (χ0n) is 18.5. The van der Waals surface area contributed by atoms with Crippen molar-refractivity contribution in [3.8, 4) is 11.5 Å². The molecule has 7 nitrogen and oxygen atoms in total. The van der Waals surface area contributed by atoms with Gasteiger partial charge in [-0.3, -0.25) is 9.97 Å². The van der Waals surface area contributed by atoms with Crippen LogP contribution in [0.2, 0.25) is 0 Å². The summed E-state index contributed by atoms with van der Waals surface area (Å²) in [7, 11) is 0. The molecule has 0 aliphatic rings. The number of aromatic nitrogens is 2. The van der Waals surface area contributed by atoms with Gasteiger partial charge in [-0.25, -0.2) is 0 Å². The molecule has 0 unspecified atom stereocenters. The standard InChI is InChI=1S/C26H28N2O5/c1-3-7-25-21(5-1)17-23(19-27-25)32-15-13-30-11-9-29-10-12-31-14-16-33-24-18-22-6-2-4-8-26(22)28-20-24/h1-8,17-20H,9-16H2. The Morgan fingerprint density at radius 2 is 0.879 bits per heavy atom. The van der Waals surface area contributed by atoms with E-state index >= 15 is 0 Å². The molecule has 33 heavy (non-hydrogen) atoms. The maximum absolute atomic E-state index is 5.69. The zero-order valence-corrected chi connectivity index (χ0v) is 18.5. The van der Waals surface area contributed by atoms with Crippen LogP contribution in [-0.4, -0.2) is 62.8 Å². The molecule has 0 aliphatic carbocycles. The Balaban J connectivity index is 0.967. The molecule has 2 aromatic carbocycles. The van der Waals surface area contributed by atoms with Crippen LogP contribution < -0.4 is 9.47 Å². The zero-order chi connectivity index (χ0) is 22.6. The van der Waals surface area contributed by atoms with Gasteiger partial charge in [-0.1, -0.05) is 36.4 Å². The highest BCUT2D eigenvalue weighted by Gasteiger charge is 2.00. The first-order chi connectivity index (χ1) is 16.4. The predicted octanol–water partition coefficient (Wildman–Crippen LogP) is 4.29. The van der Waals surface area contributed by atoms with E-state index in [1.54, 1.807) is 12.4 Å². The number of rotatable bonds is 14. The van der Waals surface area contributed by atoms with Gasteiger partial charge in [-0.2, -0.15) is 0 Å². The Morgan fingerprint density at radius 1 is 0.485 bits per heavy atom. The van der Waals surface area contributed by atoms with Crippen LogP contribution in [-0.2, 0) is 14.2 Å². The number of hydrogen-bond acceptors (Lipinski definition) is 7. The lowest BCUT2D eigenvalue weighted by Gasteiger charge is -2.09. The average Bonchev–Trinajstić information content (AvgIpc) is 2.86. The van der Waals surface area contributed by atoms with E-state index in [-0.39, 0.29) is 0 Å². The summed E-state index contributed by atoms with van der Waals surface area (Å²) in [5.41, 5.74) is 1.91. The maximum Gasteiger partial charge on any atom is 0.138 e. The van der Waals surface area contributed by atoms with Gasteiger partial charge in [0, 0.05) is 10.8 Å². The third-order valence-electron chi connectivity index (χ3n) is 4.87. The molecule has 0 fully saturated rings. The van der Waals surface area contributed by atoms with E-state index in [0.717, 1.165) is 33.3 Å². The number of nitrogens with zero attached hydrogens (tertiary/aromatic N) is 2. The summed E-state index contributed by atoms with van der Waals surface area (Å²) in [6, 6.07) is 19.9. The molecule has 0 amide bonds. The molecule has 4 aromatic rings. The Kier molecular flexibility index (Phi) is 8.82. The molecule has 4 rings (SSSR count). The van der Waals surface area contributed by atoms with Crippen LogP contribution in [0.25, 0.3) is 21.8 Å². The van der Waals surface area contributed by atoms with E-state index in [1.807, 2.05) is 60.7 Å². The van der Waals surface area contributed by atoms with Gasteiger partial charge < -0.3 is 23.7 Å². The molecule has 0 aliphatic heterocycles. The predicted molar refractivity (Wildman–Crippen MR) is 127 cm³/mol. The first-order valence-corrected chi connectivity index (χ1v) is 11.1. The topological polar surface area (TPSA) is 71.9 Å². The third-order valence-corrected chi connectivity index (χ3v) is 4.87. The van der Waals surface area contributed by atoms with E-state index in [0.29, 0.717) is 52.9 Å². The van der Waals surface area contributed by atoms with Crippen molar-refractivity contribution in [2.75, 3.05) is 52.9 Å². The molecule has 0 atom stereocenters. The molecule has 2 heterocycles. The van der Waals surface area contributed by atoms with Gasteiger partial charge >= 0.3 is 0 Å². The first kappa shape index (κ1) is 22.9. The van der Waals surface area contributed by atoms with E-state index in [2.05, 4.69) is 9.97 Å². The maximum atomic E-state index is 5.69. The van der Waals surface area contributed by atoms with Gasteiger partial charge in [0.15, 0.2) is 0 Å². The van der Waals surface area contributed by atoms with E-state index in [9.17, 15) is 0 Å².